The van der Waals surface area contributed by atoms with Crippen LogP contribution in [0.1, 0.15) is 74.1 Å². The Hall–Kier alpha value is -3.60. The number of benzene rings is 3. The van der Waals surface area contributed by atoms with Gasteiger partial charge in [0, 0.05) is 12.8 Å². The van der Waals surface area contributed by atoms with Crippen LogP contribution in [0.4, 0.5) is 0 Å². The summed E-state index contributed by atoms with van der Waals surface area (Å²) in [5.74, 6) is -0.0447. The Morgan fingerprint density at radius 2 is 1.36 bits per heavy atom. The summed E-state index contributed by atoms with van der Waals surface area (Å²) >= 11 is 0. The van der Waals surface area contributed by atoms with Gasteiger partial charge in [-0.15, -0.1) is 0 Å². The predicted octanol–water partition coefficient (Wildman–Crippen LogP) is 6.87. The third-order valence-electron chi connectivity index (χ3n) is 6.21. The lowest BCUT2D eigenvalue weighted by molar-refractivity contribution is -0.137. The van der Waals surface area contributed by atoms with Gasteiger partial charge in [-0.1, -0.05) is 85.6 Å². The Morgan fingerprint density at radius 3 is 2.03 bits per heavy atom. The zero-order chi connectivity index (χ0) is 25.4. The molecule has 5 nitrogen and oxygen atoms in total. The number of hydrogen-bond acceptors (Lipinski definition) is 3. The molecule has 0 aliphatic rings. The van der Waals surface area contributed by atoms with E-state index in [1.807, 2.05) is 60.7 Å². The van der Waals surface area contributed by atoms with Crippen LogP contribution in [0.5, 0.6) is 5.75 Å². The first-order valence-electron chi connectivity index (χ1n) is 12.9. The van der Waals surface area contributed by atoms with Crippen molar-refractivity contribution < 1.29 is 19.4 Å². The molecule has 0 saturated heterocycles. The standard InChI is InChI=1S/C31H37NO4/c33-30(18-10-2-1-5-12-25-13-6-3-7-14-25)32-29(17-11-19-31(34)35)27-20-22-28(23-21-27)36-24-26-15-8-4-9-16-26/h3-4,6-9,13-16,20-23,29H,1-2,5,10-12,17-19,24H2,(H,32,33)(H,34,35)/t29-/m0/s1. The Morgan fingerprint density at radius 1 is 0.722 bits per heavy atom. The Bertz CT molecular complexity index is 1040. The lowest BCUT2D eigenvalue weighted by Crippen LogP contribution is -2.28. The molecule has 3 aromatic carbocycles. The molecule has 1 atom stereocenters. The van der Waals surface area contributed by atoms with Crippen LogP contribution < -0.4 is 10.1 Å². The maximum atomic E-state index is 12.7. The number of rotatable bonds is 16. The fourth-order valence-corrected chi connectivity index (χ4v) is 4.20. The molecule has 0 unspecified atom stereocenters. The molecule has 5 heteroatoms. The highest BCUT2D eigenvalue weighted by Gasteiger charge is 2.15. The highest BCUT2D eigenvalue weighted by Crippen LogP contribution is 2.23. The summed E-state index contributed by atoms with van der Waals surface area (Å²) in [5, 5.41) is 12.2. The normalized spacial score (nSPS) is 11.6. The van der Waals surface area contributed by atoms with Gasteiger partial charge in [-0.05, 0) is 60.9 Å². The summed E-state index contributed by atoms with van der Waals surface area (Å²) in [4.78, 5) is 23.6. The van der Waals surface area contributed by atoms with Gasteiger partial charge in [0.25, 0.3) is 0 Å². The lowest BCUT2D eigenvalue weighted by Gasteiger charge is -2.20. The predicted molar refractivity (Wildman–Crippen MR) is 143 cm³/mol. The molecule has 0 bridgehead atoms. The van der Waals surface area contributed by atoms with E-state index in [1.165, 1.54) is 5.56 Å². The first-order valence-corrected chi connectivity index (χ1v) is 12.9. The number of ether oxygens (including phenoxy) is 1. The van der Waals surface area contributed by atoms with E-state index < -0.39 is 5.97 Å². The maximum Gasteiger partial charge on any atom is 0.303 e. The van der Waals surface area contributed by atoms with E-state index in [2.05, 4.69) is 29.6 Å². The van der Waals surface area contributed by atoms with Crippen molar-refractivity contribution in [1.29, 1.82) is 0 Å². The van der Waals surface area contributed by atoms with E-state index in [4.69, 9.17) is 9.84 Å². The molecule has 0 aliphatic carbocycles. The molecule has 0 aromatic heterocycles. The van der Waals surface area contributed by atoms with Crippen molar-refractivity contribution in [3.63, 3.8) is 0 Å². The third-order valence-corrected chi connectivity index (χ3v) is 6.21. The van der Waals surface area contributed by atoms with Gasteiger partial charge in [0.05, 0.1) is 6.04 Å². The van der Waals surface area contributed by atoms with Crippen LogP contribution in [-0.4, -0.2) is 17.0 Å². The van der Waals surface area contributed by atoms with Gasteiger partial charge in [0.15, 0.2) is 0 Å². The lowest BCUT2D eigenvalue weighted by atomic mass is 10.00. The number of carbonyl (C=O) groups is 2. The second-order valence-electron chi connectivity index (χ2n) is 9.15. The number of aliphatic carboxylic acids is 1. The Labute approximate surface area is 214 Å². The van der Waals surface area contributed by atoms with Crippen LogP contribution in [0.2, 0.25) is 0 Å². The topological polar surface area (TPSA) is 75.6 Å². The van der Waals surface area contributed by atoms with Gasteiger partial charge in [0.2, 0.25) is 5.91 Å². The van der Waals surface area contributed by atoms with Crippen molar-refractivity contribution in [3.05, 3.63) is 102 Å². The number of nitrogens with one attached hydrogen (secondary N) is 1. The number of carbonyl (C=O) groups excluding carboxylic acids is 1. The molecule has 0 fully saturated rings. The molecule has 190 valence electrons. The van der Waals surface area contributed by atoms with Crippen LogP contribution >= 0.6 is 0 Å². The number of amides is 1. The summed E-state index contributed by atoms with van der Waals surface area (Å²) in [7, 11) is 0. The van der Waals surface area contributed by atoms with Crippen molar-refractivity contribution in [2.45, 2.75) is 70.4 Å². The summed E-state index contributed by atoms with van der Waals surface area (Å²) in [6.45, 7) is 0.490. The Kier molecular flexibility index (Phi) is 11.6. The molecule has 0 saturated carbocycles. The summed E-state index contributed by atoms with van der Waals surface area (Å²) < 4.78 is 5.87. The van der Waals surface area contributed by atoms with Crippen molar-refractivity contribution in [1.82, 2.24) is 5.32 Å². The fraction of sp³-hybridized carbons (Fsp3) is 0.355. The highest BCUT2D eigenvalue weighted by atomic mass is 16.5. The Balaban J connectivity index is 1.44. The van der Waals surface area contributed by atoms with Gasteiger partial charge in [-0.25, -0.2) is 0 Å². The third kappa shape index (κ3) is 10.3. The minimum atomic E-state index is -0.819. The van der Waals surface area contributed by atoms with Crippen molar-refractivity contribution >= 4 is 11.9 Å². The molecular formula is C31H37NO4. The van der Waals surface area contributed by atoms with E-state index in [-0.39, 0.29) is 18.4 Å². The van der Waals surface area contributed by atoms with Crippen LogP contribution in [0.15, 0.2) is 84.9 Å². The highest BCUT2D eigenvalue weighted by molar-refractivity contribution is 5.76. The largest absolute Gasteiger partial charge is 0.489 e. The maximum absolute atomic E-state index is 12.7. The van der Waals surface area contributed by atoms with Crippen LogP contribution in [-0.2, 0) is 22.6 Å². The second-order valence-corrected chi connectivity index (χ2v) is 9.15. The molecule has 2 N–H and O–H groups in total. The number of hydrogen-bond donors (Lipinski definition) is 2. The molecule has 0 heterocycles. The number of carboxylic acid groups (broad SMARTS) is 1. The van der Waals surface area contributed by atoms with E-state index in [0.717, 1.165) is 49.0 Å². The molecule has 0 radical (unpaired) electrons. The molecule has 3 rings (SSSR count). The number of unbranched alkanes of at least 4 members (excludes halogenated alkanes) is 3. The molecular weight excluding hydrogens is 450 g/mol. The molecule has 0 spiro atoms. The quantitative estimate of drug-likeness (QED) is 0.216. The van der Waals surface area contributed by atoms with Crippen molar-refractivity contribution in [3.8, 4) is 5.75 Å². The minimum Gasteiger partial charge on any atom is -0.489 e. The average Bonchev–Trinajstić information content (AvgIpc) is 2.90. The monoisotopic (exact) mass is 487 g/mol. The fourth-order valence-electron chi connectivity index (χ4n) is 4.20. The number of aryl methyl sites for hydroxylation is 1. The average molecular weight is 488 g/mol. The van der Waals surface area contributed by atoms with Crippen LogP contribution in [0.3, 0.4) is 0 Å². The van der Waals surface area contributed by atoms with Crippen molar-refractivity contribution in [2.75, 3.05) is 0 Å². The zero-order valence-electron chi connectivity index (χ0n) is 20.9. The van der Waals surface area contributed by atoms with Crippen molar-refractivity contribution in [2.24, 2.45) is 0 Å². The smallest absolute Gasteiger partial charge is 0.303 e. The van der Waals surface area contributed by atoms with E-state index >= 15 is 0 Å². The molecule has 0 aliphatic heterocycles. The van der Waals surface area contributed by atoms with Gasteiger partial charge >= 0.3 is 5.97 Å². The second kappa shape index (κ2) is 15.4. The summed E-state index contributed by atoms with van der Waals surface area (Å²) in [5.41, 5.74) is 3.42. The zero-order valence-corrected chi connectivity index (χ0v) is 20.9. The number of carboxylic acids is 1. The molecule has 3 aromatic rings. The molecule has 36 heavy (non-hydrogen) atoms. The van der Waals surface area contributed by atoms with Gasteiger partial charge < -0.3 is 15.2 Å². The molecule has 1 amide bonds. The van der Waals surface area contributed by atoms with Gasteiger partial charge in [-0.3, -0.25) is 9.59 Å². The van der Waals surface area contributed by atoms with Crippen LogP contribution in [0.25, 0.3) is 0 Å². The first-order chi connectivity index (χ1) is 17.6. The van der Waals surface area contributed by atoms with Gasteiger partial charge in [-0.2, -0.15) is 0 Å². The van der Waals surface area contributed by atoms with Gasteiger partial charge in [0.1, 0.15) is 12.4 Å². The minimum absolute atomic E-state index is 0.0165. The summed E-state index contributed by atoms with van der Waals surface area (Å²) in [6.07, 6.45) is 6.85. The first kappa shape index (κ1) is 27.0. The summed E-state index contributed by atoms with van der Waals surface area (Å²) in [6, 6.07) is 28.0. The van der Waals surface area contributed by atoms with E-state index in [9.17, 15) is 9.59 Å². The van der Waals surface area contributed by atoms with Crippen LogP contribution in [0, 0.1) is 0 Å². The SMILES string of the molecule is O=C(O)CCC[C@H](NC(=O)CCCCCCc1ccccc1)c1ccc(OCc2ccccc2)cc1. The van der Waals surface area contributed by atoms with E-state index in [1.54, 1.807) is 0 Å². The van der Waals surface area contributed by atoms with E-state index in [0.29, 0.717) is 25.9 Å².